The summed E-state index contributed by atoms with van der Waals surface area (Å²) < 4.78 is 5.57. The summed E-state index contributed by atoms with van der Waals surface area (Å²) in [6.07, 6.45) is 1.84. The Labute approximate surface area is 109 Å². The third kappa shape index (κ3) is 3.22. The second-order valence-electron chi connectivity index (χ2n) is 5.37. The number of ether oxygens (including phenoxy) is 1. The van der Waals surface area contributed by atoms with E-state index in [9.17, 15) is 4.79 Å². The highest BCUT2D eigenvalue weighted by Crippen LogP contribution is 2.22. The van der Waals surface area contributed by atoms with Crippen LogP contribution in [-0.4, -0.2) is 67.7 Å². The molecule has 2 unspecified atom stereocenters. The van der Waals surface area contributed by atoms with Crippen LogP contribution in [0.15, 0.2) is 0 Å². The Bertz CT molecular complexity index is 285. The van der Waals surface area contributed by atoms with Crippen LogP contribution in [0.2, 0.25) is 0 Å². The van der Waals surface area contributed by atoms with Crippen LogP contribution in [-0.2, 0) is 9.53 Å². The van der Waals surface area contributed by atoms with Gasteiger partial charge in [-0.05, 0) is 25.3 Å². The van der Waals surface area contributed by atoms with Gasteiger partial charge in [0, 0.05) is 39.3 Å². The minimum atomic E-state index is -0.203. The Morgan fingerprint density at radius 3 is 2.83 bits per heavy atom. The van der Waals surface area contributed by atoms with Crippen molar-refractivity contribution in [2.75, 3.05) is 45.9 Å². The summed E-state index contributed by atoms with van der Waals surface area (Å²) in [6, 6.07) is 0. The Balaban J connectivity index is 1.87. The van der Waals surface area contributed by atoms with Gasteiger partial charge in [-0.2, -0.15) is 0 Å². The molecule has 2 fully saturated rings. The molecule has 1 amide bonds. The van der Waals surface area contributed by atoms with Crippen LogP contribution < -0.4 is 5.73 Å². The number of rotatable bonds is 3. The van der Waals surface area contributed by atoms with Crippen molar-refractivity contribution in [3.63, 3.8) is 0 Å². The van der Waals surface area contributed by atoms with E-state index in [2.05, 4.69) is 11.8 Å². The average Bonchev–Trinajstić information content (AvgIpc) is 2.64. The fourth-order valence-electron chi connectivity index (χ4n) is 2.79. The third-order valence-electron chi connectivity index (χ3n) is 3.98. The summed E-state index contributed by atoms with van der Waals surface area (Å²) in [6.45, 7) is 8.10. The average molecular weight is 255 g/mol. The molecule has 2 saturated heterocycles. The second kappa shape index (κ2) is 6.50. The van der Waals surface area contributed by atoms with Crippen molar-refractivity contribution < 1.29 is 9.53 Å². The standard InChI is InChI=1S/C13H25N3O2/c1-11-3-10-18-12(11)13(17)16-6-2-5-15(7-4-14)8-9-16/h11-12H,2-10,14H2,1H3. The Morgan fingerprint density at radius 2 is 2.17 bits per heavy atom. The fraction of sp³-hybridized carbons (Fsp3) is 0.923. The van der Waals surface area contributed by atoms with Crippen LogP contribution in [0.5, 0.6) is 0 Å². The molecule has 2 atom stereocenters. The van der Waals surface area contributed by atoms with Gasteiger partial charge in [0.25, 0.3) is 5.91 Å². The van der Waals surface area contributed by atoms with Crippen molar-refractivity contribution in [3.05, 3.63) is 0 Å². The first-order chi connectivity index (χ1) is 8.72. The van der Waals surface area contributed by atoms with E-state index in [0.717, 1.165) is 52.2 Å². The fourth-order valence-corrected chi connectivity index (χ4v) is 2.79. The minimum absolute atomic E-state index is 0.189. The number of nitrogens with zero attached hydrogens (tertiary/aromatic N) is 2. The number of amides is 1. The molecule has 2 aliphatic heterocycles. The van der Waals surface area contributed by atoms with Gasteiger partial charge >= 0.3 is 0 Å². The molecule has 0 bridgehead atoms. The van der Waals surface area contributed by atoms with Gasteiger partial charge in [0.15, 0.2) is 0 Å². The van der Waals surface area contributed by atoms with Crippen LogP contribution in [0.3, 0.4) is 0 Å². The summed E-state index contributed by atoms with van der Waals surface area (Å²) in [7, 11) is 0. The Kier molecular flexibility index (Phi) is 4.97. The highest BCUT2D eigenvalue weighted by molar-refractivity contribution is 5.81. The molecule has 2 rings (SSSR count). The zero-order valence-corrected chi connectivity index (χ0v) is 11.3. The van der Waals surface area contributed by atoms with Gasteiger partial charge in [0.05, 0.1) is 0 Å². The maximum atomic E-state index is 12.4. The van der Waals surface area contributed by atoms with Crippen LogP contribution in [0, 0.1) is 5.92 Å². The quantitative estimate of drug-likeness (QED) is 0.765. The maximum absolute atomic E-state index is 12.4. The molecule has 18 heavy (non-hydrogen) atoms. The van der Waals surface area contributed by atoms with E-state index in [1.165, 1.54) is 0 Å². The van der Waals surface area contributed by atoms with Gasteiger partial charge in [0.1, 0.15) is 6.10 Å². The zero-order chi connectivity index (χ0) is 13.0. The van der Waals surface area contributed by atoms with Crippen LogP contribution in [0.4, 0.5) is 0 Å². The summed E-state index contributed by atoms with van der Waals surface area (Å²) in [4.78, 5) is 16.7. The predicted octanol–water partition coefficient (Wildman–Crippen LogP) is -0.0956. The monoisotopic (exact) mass is 255 g/mol. The van der Waals surface area contributed by atoms with Gasteiger partial charge in [-0.3, -0.25) is 4.79 Å². The van der Waals surface area contributed by atoms with E-state index in [1.54, 1.807) is 0 Å². The number of hydrogen-bond donors (Lipinski definition) is 1. The topological polar surface area (TPSA) is 58.8 Å². The van der Waals surface area contributed by atoms with Crippen LogP contribution >= 0.6 is 0 Å². The second-order valence-corrected chi connectivity index (χ2v) is 5.37. The molecule has 0 radical (unpaired) electrons. The number of carbonyl (C=O) groups is 1. The van der Waals surface area contributed by atoms with E-state index in [1.807, 2.05) is 4.90 Å². The van der Waals surface area contributed by atoms with E-state index in [4.69, 9.17) is 10.5 Å². The largest absolute Gasteiger partial charge is 0.368 e. The number of hydrogen-bond acceptors (Lipinski definition) is 4. The molecular formula is C13H25N3O2. The molecule has 0 aromatic heterocycles. The lowest BCUT2D eigenvalue weighted by Crippen LogP contribution is -2.43. The molecule has 2 aliphatic rings. The summed E-state index contributed by atoms with van der Waals surface area (Å²) >= 11 is 0. The highest BCUT2D eigenvalue weighted by Gasteiger charge is 2.34. The Hall–Kier alpha value is -0.650. The number of carbonyl (C=O) groups excluding carboxylic acids is 1. The molecule has 2 N–H and O–H groups in total. The van der Waals surface area contributed by atoms with Crippen molar-refractivity contribution in [1.82, 2.24) is 9.80 Å². The number of nitrogens with two attached hydrogens (primary N) is 1. The molecule has 5 nitrogen and oxygen atoms in total. The van der Waals surface area contributed by atoms with Gasteiger partial charge in [-0.25, -0.2) is 0 Å². The molecule has 0 aromatic rings. The molecule has 104 valence electrons. The zero-order valence-electron chi connectivity index (χ0n) is 11.3. The Morgan fingerprint density at radius 1 is 1.33 bits per heavy atom. The highest BCUT2D eigenvalue weighted by atomic mass is 16.5. The lowest BCUT2D eigenvalue weighted by molar-refractivity contribution is -0.142. The molecule has 2 heterocycles. The van der Waals surface area contributed by atoms with E-state index in [0.29, 0.717) is 12.5 Å². The molecule has 0 spiro atoms. The molecule has 5 heteroatoms. The van der Waals surface area contributed by atoms with Gasteiger partial charge in [-0.15, -0.1) is 0 Å². The van der Waals surface area contributed by atoms with E-state index in [-0.39, 0.29) is 12.0 Å². The van der Waals surface area contributed by atoms with Crippen molar-refractivity contribution in [3.8, 4) is 0 Å². The predicted molar refractivity (Wildman–Crippen MR) is 70.2 cm³/mol. The van der Waals surface area contributed by atoms with Gasteiger partial charge in [0.2, 0.25) is 0 Å². The smallest absolute Gasteiger partial charge is 0.252 e. The minimum Gasteiger partial charge on any atom is -0.368 e. The summed E-state index contributed by atoms with van der Waals surface area (Å²) in [5.41, 5.74) is 5.58. The van der Waals surface area contributed by atoms with Crippen molar-refractivity contribution in [2.45, 2.75) is 25.9 Å². The van der Waals surface area contributed by atoms with Crippen molar-refractivity contribution >= 4 is 5.91 Å². The molecular weight excluding hydrogens is 230 g/mol. The van der Waals surface area contributed by atoms with Crippen molar-refractivity contribution in [1.29, 1.82) is 0 Å². The molecule has 0 aromatic carbocycles. The maximum Gasteiger partial charge on any atom is 0.252 e. The SMILES string of the molecule is CC1CCOC1C(=O)N1CCCN(CCN)CC1. The van der Waals surface area contributed by atoms with Crippen LogP contribution in [0.25, 0.3) is 0 Å². The van der Waals surface area contributed by atoms with E-state index < -0.39 is 0 Å². The first kappa shape index (κ1) is 13.8. The third-order valence-corrected chi connectivity index (χ3v) is 3.98. The lowest BCUT2D eigenvalue weighted by Gasteiger charge is -2.25. The van der Waals surface area contributed by atoms with Crippen LogP contribution in [0.1, 0.15) is 19.8 Å². The van der Waals surface area contributed by atoms with Gasteiger partial charge in [-0.1, -0.05) is 6.92 Å². The van der Waals surface area contributed by atoms with E-state index >= 15 is 0 Å². The molecule has 0 saturated carbocycles. The van der Waals surface area contributed by atoms with Crippen molar-refractivity contribution in [2.24, 2.45) is 11.7 Å². The normalized spacial score (nSPS) is 30.4. The first-order valence-electron chi connectivity index (χ1n) is 7.05. The van der Waals surface area contributed by atoms with Gasteiger partial charge < -0.3 is 20.3 Å². The first-order valence-corrected chi connectivity index (χ1v) is 7.05. The molecule has 0 aliphatic carbocycles. The lowest BCUT2D eigenvalue weighted by atomic mass is 10.0. The summed E-state index contributed by atoms with van der Waals surface area (Å²) in [5, 5.41) is 0. The summed E-state index contributed by atoms with van der Waals surface area (Å²) in [5.74, 6) is 0.551.